The molecule has 0 saturated heterocycles. The van der Waals surface area contributed by atoms with Crippen molar-refractivity contribution in [2.75, 3.05) is 6.61 Å². The third-order valence-corrected chi connectivity index (χ3v) is 7.08. The molecule has 1 amide bonds. The molecule has 0 aliphatic heterocycles. The predicted molar refractivity (Wildman–Crippen MR) is 113 cm³/mol. The van der Waals surface area contributed by atoms with Crippen molar-refractivity contribution in [3.63, 3.8) is 0 Å². The van der Waals surface area contributed by atoms with Gasteiger partial charge in [-0.2, -0.15) is 10.2 Å². The molecule has 3 N–H and O–H groups in total. The Morgan fingerprint density at radius 2 is 1.97 bits per heavy atom. The molecule has 1 aromatic heterocycles. The highest BCUT2D eigenvalue weighted by Crippen LogP contribution is 2.60. The smallest absolute Gasteiger partial charge is 0.291 e. The molecule has 2 aromatic rings. The van der Waals surface area contributed by atoms with E-state index in [1.165, 1.54) is 44.7 Å². The molecule has 0 radical (unpaired) electrons. The van der Waals surface area contributed by atoms with Gasteiger partial charge in [-0.15, -0.1) is 0 Å². The summed E-state index contributed by atoms with van der Waals surface area (Å²) in [6.45, 7) is 2.30. The quantitative estimate of drug-likeness (QED) is 0.501. The van der Waals surface area contributed by atoms with Crippen molar-refractivity contribution in [2.24, 2.45) is 22.9 Å². The van der Waals surface area contributed by atoms with Gasteiger partial charge >= 0.3 is 0 Å². The van der Waals surface area contributed by atoms with Gasteiger partial charge < -0.3 is 9.84 Å². The number of phenolic OH excluding ortho intramolecular Hbond substituents is 1. The monoisotopic (exact) mass is 408 g/mol. The zero-order chi connectivity index (χ0) is 20.7. The van der Waals surface area contributed by atoms with E-state index in [9.17, 15) is 9.90 Å². The van der Waals surface area contributed by atoms with Crippen LogP contribution in [0.4, 0.5) is 0 Å². The van der Waals surface area contributed by atoms with Crippen LogP contribution in [0, 0.1) is 17.8 Å². The summed E-state index contributed by atoms with van der Waals surface area (Å²) >= 11 is 0. The maximum atomic E-state index is 12.5. The second-order valence-corrected chi connectivity index (χ2v) is 9.22. The van der Waals surface area contributed by atoms with Crippen molar-refractivity contribution in [3.05, 3.63) is 41.2 Å². The maximum absolute atomic E-state index is 12.5. The number of aromatic nitrogens is 2. The van der Waals surface area contributed by atoms with Crippen LogP contribution in [-0.2, 0) is 5.41 Å². The third kappa shape index (κ3) is 3.46. The Balaban J connectivity index is 1.25. The average Bonchev–Trinajstić information content (AvgIpc) is 3.21. The first-order valence-corrected chi connectivity index (χ1v) is 10.9. The summed E-state index contributed by atoms with van der Waals surface area (Å²) in [6, 6.07) is 6.84. The number of hydrazone groups is 1. The highest BCUT2D eigenvalue weighted by molar-refractivity contribution is 5.93. The molecule has 7 nitrogen and oxygen atoms in total. The van der Waals surface area contributed by atoms with E-state index >= 15 is 0 Å². The van der Waals surface area contributed by atoms with Crippen LogP contribution in [0.25, 0.3) is 0 Å². The number of rotatable bonds is 6. The number of aromatic hydroxyl groups is 1. The number of benzene rings is 1. The van der Waals surface area contributed by atoms with Gasteiger partial charge in [0.25, 0.3) is 5.91 Å². The Kier molecular flexibility index (Phi) is 4.76. The van der Waals surface area contributed by atoms with E-state index in [0.717, 1.165) is 23.4 Å². The van der Waals surface area contributed by atoms with Gasteiger partial charge in [-0.1, -0.05) is 0 Å². The molecule has 4 saturated carbocycles. The van der Waals surface area contributed by atoms with E-state index in [1.54, 1.807) is 18.2 Å². The first kappa shape index (κ1) is 19.2. The number of H-pyrrole nitrogens is 1. The Labute approximate surface area is 175 Å². The zero-order valence-corrected chi connectivity index (χ0v) is 17.2. The highest BCUT2D eigenvalue weighted by Gasteiger charge is 2.52. The molecule has 4 aliphatic carbocycles. The molecule has 4 bridgehead atoms. The van der Waals surface area contributed by atoms with Crippen LogP contribution >= 0.6 is 0 Å². The molecule has 4 fully saturated rings. The largest absolute Gasteiger partial charge is 0.504 e. The van der Waals surface area contributed by atoms with Crippen molar-refractivity contribution in [2.45, 2.75) is 50.9 Å². The first-order chi connectivity index (χ1) is 14.5. The molecule has 7 heteroatoms. The number of nitrogens with one attached hydrogen (secondary N) is 2. The minimum Gasteiger partial charge on any atom is -0.504 e. The molecular weight excluding hydrogens is 380 g/mol. The zero-order valence-electron chi connectivity index (χ0n) is 17.2. The van der Waals surface area contributed by atoms with E-state index in [2.05, 4.69) is 20.7 Å². The summed E-state index contributed by atoms with van der Waals surface area (Å²) in [7, 11) is 0. The number of nitrogens with zero attached hydrogens (tertiary/aromatic N) is 2. The Hall–Kier alpha value is -2.83. The number of carbonyl (C=O) groups excluding carboxylic acids is 1. The standard InChI is InChI=1S/C23H28N4O3/c1-2-30-20-8-14(3-4-19(20)28)13-24-27-22(29)18-9-21(26-25-18)23-10-15-5-16(11-23)7-17(6-15)12-23/h3-4,8-9,13,15-17,28H,2,5-7,10-12H2,1H3,(H,25,26)(H,27,29)/b24-13+. The topological polar surface area (TPSA) is 99.6 Å². The fourth-order valence-electron chi connectivity index (χ4n) is 6.26. The number of hydrogen-bond donors (Lipinski definition) is 3. The normalized spacial score (nSPS) is 29.4. The van der Waals surface area contributed by atoms with Gasteiger partial charge in [0, 0.05) is 11.1 Å². The summed E-state index contributed by atoms with van der Waals surface area (Å²) in [6.07, 6.45) is 9.36. The second-order valence-electron chi connectivity index (χ2n) is 9.22. The van der Waals surface area contributed by atoms with Crippen molar-refractivity contribution < 1.29 is 14.6 Å². The van der Waals surface area contributed by atoms with Gasteiger partial charge in [-0.25, -0.2) is 5.43 Å². The molecule has 0 atom stereocenters. The van der Waals surface area contributed by atoms with E-state index in [4.69, 9.17) is 4.74 Å². The first-order valence-electron chi connectivity index (χ1n) is 10.9. The fourth-order valence-corrected chi connectivity index (χ4v) is 6.26. The van der Waals surface area contributed by atoms with Crippen LogP contribution in [0.15, 0.2) is 29.4 Å². The molecule has 0 unspecified atom stereocenters. The number of aromatic amines is 1. The van der Waals surface area contributed by atoms with Crippen LogP contribution in [0.2, 0.25) is 0 Å². The molecule has 0 spiro atoms. The van der Waals surface area contributed by atoms with Crippen molar-refractivity contribution in [1.29, 1.82) is 0 Å². The third-order valence-electron chi connectivity index (χ3n) is 7.08. The molecule has 1 heterocycles. The summed E-state index contributed by atoms with van der Waals surface area (Å²) in [5.74, 6) is 2.66. The minimum absolute atomic E-state index is 0.0757. The molecule has 30 heavy (non-hydrogen) atoms. The lowest BCUT2D eigenvalue weighted by Crippen LogP contribution is -2.48. The summed E-state index contributed by atoms with van der Waals surface area (Å²) in [4.78, 5) is 12.5. The number of carbonyl (C=O) groups is 1. The van der Waals surface area contributed by atoms with Gasteiger partial charge in [-0.3, -0.25) is 9.89 Å². The molecule has 1 aromatic carbocycles. The highest BCUT2D eigenvalue weighted by atomic mass is 16.5. The lowest BCUT2D eigenvalue weighted by atomic mass is 9.49. The number of amides is 1. The predicted octanol–water partition coefficient (Wildman–Crippen LogP) is 3.75. The SMILES string of the molecule is CCOc1cc(/C=N/NC(=O)c2cc(C34CC5CC(CC(C5)C3)C4)[nH]n2)ccc1O. The van der Waals surface area contributed by atoms with E-state index in [-0.39, 0.29) is 17.1 Å². The molecule has 6 rings (SSSR count). The molecule has 4 aliphatic rings. The van der Waals surface area contributed by atoms with Crippen LogP contribution in [0.3, 0.4) is 0 Å². The van der Waals surface area contributed by atoms with Crippen LogP contribution < -0.4 is 10.2 Å². The average molecular weight is 409 g/mol. The number of hydrogen-bond acceptors (Lipinski definition) is 5. The van der Waals surface area contributed by atoms with Crippen LogP contribution in [0.5, 0.6) is 11.5 Å². The van der Waals surface area contributed by atoms with E-state index in [0.29, 0.717) is 23.6 Å². The van der Waals surface area contributed by atoms with Crippen LogP contribution in [0.1, 0.15) is 67.2 Å². The van der Waals surface area contributed by atoms with Crippen molar-refractivity contribution in [3.8, 4) is 11.5 Å². The van der Waals surface area contributed by atoms with Crippen molar-refractivity contribution in [1.82, 2.24) is 15.6 Å². The minimum atomic E-state index is -0.331. The van der Waals surface area contributed by atoms with Crippen molar-refractivity contribution >= 4 is 12.1 Å². The fraction of sp³-hybridized carbons (Fsp3) is 0.522. The van der Waals surface area contributed by atoms with Gasteiger partial charge in [-0.05, 0) is 93.0 Å². The van der Waals surface area contributed by atoms with E-state index in [1.807, 2.05) is 13.0 Å². The maximum Gasteiger partial charge on any atom is 0.291 e. The Morgan fingerprint density at radius 3 is 2.63 bits per heavy atom. The summed E-state index contributed by atoms with van der Waals surface area (Å²) in [5, 5.41) is 21.3. The lowest BCUT2D eigenvalue weighted by Gasteiger charge is -2.56. The number of ether oxygens (including phenoxy) is 1. The summed E-state index contributed by atoms with van der Waals surface area (Å²) in [5.41, 5.74) is 4.94. The Bertz CT molecular complexity index is 945. The van der Waals surface area contributed by atoms with E-state index < -0.39 is 0 Å². The number of phenols is 1. The summed E-state index contributed by atoms with van der Waals surface area (Å²) < 4.78 is 5.36. The van der Waals surface area contributed by atoms with Gasteiger partial charge in [0.15, 0.2) is 17.2 Å². The van der Waals surface area contributed by atoms with Crippen LogP contribution in [-0.4, -0.2) is 34.0 Å². The van der Waals surface area contributed by atoms with Gasteiger partial charge in [0.05, 0.1) is 12.8 Å². The molecular formula is C23H28N4O3. The molecule has 158 valence electrons. The van der Waals surface area contributed by atoms with Gasteiger partial charge in [0.1, 0.15) is 0 Å². The Morgan fingerprint density at radius 1 is 1.27 bits per heavy atom. The lowest BCUT2D eigenvalue weighted by molar-refractivity contribution is -0.00721. The second kappa shape index (κ2) is 7.45. The van der Waals surface area contributed by atoms with Gasteiger partial charge in [0.2, 0.25) is 0 Å².